The van der Waals surface area contributed by atoms with Crippen LogP contribution in [-0.2, 0) is 14.3 Å². The molecular formula is C13H15NO5. The Labute approximate surface area is 110 Å². The van der Waals surface area contributed by atoms with Gasteiger partial charge in [0, 0.05) is 0 Å². The number of nitrogens with zero attached hydrogens (tertiary/aromatic N) is 1. The number of aliphatic hydroxyl groups excluding tert-OH is 1. The zero-order valence-electron chi connectivity index (χ0n) is 11.2. The Morgan fingerprint density at radius 2 is 1.84 bits per heavy atom. The first-order valence-corrected chi connectivity index (χ1v) is 5.46. The Morgan fingerprint density at radius 3 is 2.26 bits per heavy atom. The first-order chi connectivity index (χ1) is 8.92. The van der Waals surface area contributed by atoms with Crippen LogP contribution in [0.4, 0.5) is 0 Å². The zero-order valence-corrected chi connectivity index (χ0v) is 11.2. The Morgan fingerprint density at radius 1 is 1.21 bits per heavy atom. The van der Waals surface area contributed by atoms with E-state index in [0.29, 0.717) is 11.3 Å². The molecule has 0 amide bonds. The molecule has 0 aliphatic carbocycles. The van der Waals surface area contributed by atoms with Gasteiger partial charge in [0.1, 0.15) is 11.3 Å². The molecular weight excluding hydrogens is 250 g/mol. The maximum Gasteiger partial charge on any atom is 0.343 e. The summed E-state index contributed by atoms with van der Waals surface area (Å²) in [6.45, 7) is 2.97. The average molecular weight is 265 g/mol. The summed E-state index contributed by atoms with van der Waals surface area (Å²) in [5.41, 5.74) is 0.886. The average Bonchev–Trinajstić information content (AvgIpc) is 2.37. The third-order valence-corrected chi connectivity index (χ3v) is 2.50. The van der Waals surface area contributed by atoms with E-state index in [1.54, 1.807) is 6.92 Å². The van der Waals surface area contributed by atoms with Gasteiger partial charge in [0.25, 0.3) is 0 Å². The molecule has 6 heteroatoms. The number of ether oxygens (including phenoxy) is 2. The molecule has 0 aliphatic rings. The van der Waals surface area contributed by atoms with E-state index in [1.165, 1.54) is 33.3 Å². The Bertz CT molecular complexity index is 544. The lowest BCUT2D eigenvalue weighted by molar-refractivity contribution is -0.133. The summed E-state index contributed by atoms with van der Waals surface area (Å²) in [6.07, 6.45) is 0. The lowest BCUT2D eigenvalue weighted by atomic mass is 10.1. The van der Waals surface area contributed by atoms with Crippen LogP contribution >= 0.6 is 0 Å². The molecule has 6 nitrogen and oxygen atoms in total. The molecule has 0 radical (unpaired) electrons. The van der Waals surface area contributed by atoms with Gasteiger partial charge in [0.2, 0.25) is 0 Å². The Balaban J connectivity index is 3.30. The minimum atomic E-state index is -0.697. The van der Waals surface area contributed by atoms with Gasteiger partial charge in [-0.1, -0.05) is 0 Å². The first kappa shape index (κ1) is 14.7. The standard InChI is InChI=1S/C13H15NO5/c1-7-9(12(16)18-3)5-6-10(14-7)11(8(2)15)13(17)19-4/h5-6,15H,1-4H3/b11-8+. The number of aromatic nitrogens is 1. The van der Waals surface area contributed by atoms with Gasteiger partial charge in [-0.2, -0.15) is 0 Å². The van der Waals surface area contributed by atoms with Crippen molar-refractivity contribution in [2.75, 3.05) is 14.2 Å². The fraction of sp³-hybridized carbons (Fsp3) is 0.308. The SMILES string of the molecule is COC(=O)/C(=C(\C)O)c1ccc(C(=O)OC)c(C)n1. The van der Waals surface area contributed by atoms with Crippen molar-refractivity contribution in [2.24, 2.45) is 0 Å². The topological polar surface area (TPSA) is 85.7 Å². The van der Waals surface area contributed by atoms with E-state index in [9.17, 15) is 14.7 Å². The Hall–Kier alpha value is -2.37. The molecule has 0 unspecified atom stereocenters. The van der Waals surface area contributed by atoms with E-state index in [1.807, 2.05) is 0 Å². The van der Waals surface area contributed by atoms with Gasteiger partial charge < -0.3 is 14.6 Å². The van der Waals surface area contributed by atoms with Crippen LogP contribution < -0.4 is 0 Å². The van der Waals surface area contributed by atoms with Crippen LogP contribution in [0.3, 0.4) is 0 Å². The number of rotatable bonds is 3. The van der Waals surface area contributed by atoms with Gasteiger partial charge >= 0.3 is 11.9 Å². The van der Waals surface area contributed by atoms with Crippen LogP contribution in [0.2, 0.25) is 0 Å². The summed E-state index contributed by atoms with van der Waals surface area (Å²) in [5, 5.41) is 9.53. The summed E-state index contributed by atoms with van der Waals surface area (Å²) in [5.74, 6) is -1.41. The smallest absolute Gasteiger partial charge is 0.343 e. The van der Waals surface area contributed by atoms with Crippen molar-refractivity contribution >= 4 is 17.5 Å². The highest BCUT2D eigenvalue weighted by molar-refractivity contribution is 6.16. The maximum atomic E-state index is 11.6. The molecule has 0 bridgehead atoms. The predicted octanol–water partition coefficient (Wildman–Crippen LogP) is 1.64. The number of pyridine rings is 1. The molecule has 0 fully saturated rings. The highest BCUT2D eigenvalue weighted by Crippen LogP contribution is 2.19. The van der Waals surface area contributed by atoms with Crippen molar-refractivity contribution in [1.29, 1.82) is 0 Å². The number of carbonyl (C=O) groups is 2. The number of hydrogen-bond acceptors (Lipinski definition) is 6. The van der Waals surface area contributed by atoms with Gasteiger partial charge in [0.15, 0.2) is 0 Å². The van der Waals surface area contributed by atoms with Gasteiger partial charge in [-0.25, -0.2) is 9.59 Å². The van der Waals surface area contributed by atoms with Gasteiger partial charge in [-0.05, 0) is 26.0 Å². The predicted molar refractivity (Wildman–Crippen MR) is 67.6 cm³/mol. The second-order valence-electron chi connectivity index (χ2n) is 3.77. The molecule has 1 aromatic heterocycles. The summed E-state index contributed by atoms with van der Waals surface area (Å²) < 4.78 is 9.18. The molecule has 19 heavy (non-hydrogen) atoms. The quantitative estimate of drug-likeness (QED) is 0.508. The van der Waals surface area contributed by atoms with E-state index in [-0.39, 0.29) is 17.0 Å². The number of aliphatic hydroxyl groups is 1. The molecule has 0 aromatic carbocycles. The molecule has 1 N–H and O–H groups in total. The van der Waals surface area contributed by atoms with Gasteiger partial charge in [0.05, 0.1) is 31.2 Å². The monoisotopic (exact) mass is 265 g/mol. The van der Waals surface area contributed by atoms with Gasteiger partial charge in [-0.15, -0.1) is 0 Å². The highest BCUT2D eigenvalue weighted by Gasteiger charge is 2.19. The summed E-state index contributed by atoms with van der Waals surface area (Å²) >= 11 is 0. The van der Waals surface area contributed by atoms with Crippen molar-refractivity contribution in [3.8, 4) is 0 Å². The van der Waals surface area contributed by atoms with Crippen molar-refractivity contribution in [3.63, 3.8) is 0 Å². The van der Waals surface area contributed by atoms with Crippen molar-refractivity contribution in [3.05, 3.63) is 34.8 Å². The van der Waals surface area contributed by atoms with E-state index >= 15 is 0 Å². The summed E-state index contributed by atoms with van der Waals surface area (Å²) in [6, 6.07) is 2.93. The Kier molecular flexibility index (Phi) is 4.63. The molecule has 0 spiro atoms. The number of methoxy groups -OCH3 is 2. The van der Waals surface area contributed by atoms with Crippen LogP contribution in [0.15, 0.2) is 17.9 Å². The molecule has 0 saturated heterocycles. The fourth-order valence-electron chi connectivity index (χ4n) is 1.57. The van der Waals surface area contributed by atoms with Crippen LogP contribution in [0.1, 0.15) is 28.7 Å². The highest BCUT2D eigenvalue weighted by atomic mass is 16.5. The first-order valence-electron chi connectivity index (χ1n) is 5.46. The molecule has 0 saturated carbocycles. The van der Waals surface area contributed by atoms with Crippen LogP contribution in [0.25, 0.3) is 5.57 Å². The number of allylic oxidation sites excluding steroid dienone is 1. The summed E-state index contributed by atoms with van der Waals surface area (Å²) in [7, 11) is 2.48. The number of aryl methyl sites for hydroxylation is 1. The third kappa shape index (κ3) is 3.09. The van der Waals surface area contributed by atoms with Crippen molar-refractivity contribution in [1.82, 2.24) is 4.98 Å². The van der Waals surface area contributed by atoms with E-state index in [2.05, 4.69) is 14.5 Å². The number of hydrogen-bond donors (Lipinski definition) is 1. The van der Waals surface area contributed by atoms with E-state index in [4.69, 9.17) is 0 Å². The second kappa shape index (κ2) is 5.99. The largest absolute Gasteiger partial charge is 0.512 e. The molecule has 0 aliphatic heterocycles. The molecule has 1 aromatic rings. The van der Waals surface area contributed by atoms with E-state index in [0.717, 1.165) is 0 Å². The minimum absolute atomic E-state index is 0.0398. The zero-order chi connectivity index (χ0) is 14.6. The van der Waals surface area contributed by atoms with Crippen molar-refractivity contribution < 1.29 is 24.2 Å². The van der Waals surface area contributed by atoms with Crippen LogP contribution in [0.5, 0.6) is 0 Å². The molecule has 1 heterocycles. The fourth-order valence-corrected chi connectivity index (χ4v) is 1.57. The number of carbonyl (C=O) groups excluding carboxylic acids is 2. The van der Waals surface area contributed by atoms with E-state index < -0.39 is 11.9 Å². The number of esters is 2. The third-order valence-electron chi connectivity index (χ3n) is 2.50. The van der Waals surface area contributed by atoms with Gasteiger partial charge in [-0.3, -0.25) is 4.98 Å². The van der Waals surface area contributed by atoms with Crippen LogP contribution in [-0.4, -0.2) is 36.2 Å². The molecule has 0 atom stereocenters. The van der Waals surface area contributed by atoms with Crippen molar-refractivity contribution in [2.45, 2.75) is 13.8 Å². The normalized spacial score (nSPS) is 11.6. The summed E-state index contributed by atoms with van der Waals surface area (Å²) in [4.78, 5) is 27.1. The maximum absolute atomic E-state index is 11.6. The molecule has 102 valence electrons. The lowest BCUT2D eigenvalue weighted by Gasteiger charge is -2.09. The molecule has 1 rings (SSSR count). The second-order valence-corrected chi connectivity index (χ2v) is 3.77. The minimum Gasteiger partial charge on any atom is -0.512 e. The lowest BCUT2D eigenvalue weighted by Crippen LogP contribution is -2.11. The van der Waals surface area contributed by atoms with Crippen LogP contribution in [0, 0.1) is 6.92 Å².